The molecule has 0 amide bonds. The van der Waals surface area contributed by atoms with Crippen LogP contribution in [0.5, 0.6) is 0 Å². The standard InChI is InChI=1S/C14H24N4/c1-4-15-14-11-13(5-6-16-14)18-9-7-17(8-10-18)12(2)3/h5-6,11-12H,4,7-10H2,1-3H3,(H,15,16). The highest BCUT2D eigenvalue weighted by Crippen LogP contribution is 2.19. The van der Waals surface area contributed by atoms with Crippen molar-refractivity contribution in [3.63, 3.8) is 0 Å². The molecule has 0 atom stereocenters. The molecule has 0 unspecified atom stereocenters. The number of piperazine rings is 1. The van der Waals surface area contributed by atoms with Gasteiger partial charge in [0.05, 0.1) is 0 Å². The molecule has 0 aliphatic carbocycles. The minimum absolute atomic E-state index is 0.655. The zero-order valence-corrected chi connectivity index (χ0v) is 11.7. The topological polar surface area (TPSA) is 31.4 Å². The molecule has 4 nitrogen and oxygen atoms in total. The Balaban J connectivity index is 1.98. The van der Waals surface area contributed by atoms with Gasteiger partial charge in [0, 0.05) is 56.7 Å². The number of hydrogen-bond acceptors (Lipinski definition) is 4. The zero-order chi connectivity index (χ0) is 13.0. The number of anilines is 2. The fraction of sp³-hybridized carbons (Fsp3) is 0.643. The summed E-state index contributed by atoms with van der Waals surface area (Å²) < 4.78 is 0. The maximum absolute atomic E-state index is 4.32. The first kappa shape index (κ1) is 13.1. The molecule has 2 heterocycles. The van der Waals surface area contributed by atoms with Crippen molar-refractivity contribution in [1.82, 2.24) is 9.88 Å². The first-order valence-corrected chi connectivity index (χ1v) is 6.89. The van der Waals surface area contributed by atoms with Crippen molar-refractivity contribution in [2.45, 2.75) is 26.8 Å². The van der Waals surface area contributed by atoms with E-state index < -0.39 is 0 Å². The third kappa shape index (κ3) is 3.13. The van der Waals surface area contributed by atoms with E-state index >= 15 is 0 Å². The number of pyridine rings is 1. The maximum atomic E-state index is 4.32. The first-order chi connectivity index (χ1) is 8.70. The summed E-state index contributed by atoms with van der Waals surface area (Å²) in [6, 6.07) is 4.90. The van der Waals surface area contributed by atoms with Gasteiger partial charge in [0.2, 0.25) is 0 Å². The van der Waals surface area contributed by atoms with Crippen LogP contribution in [0.15, 0.2) is 18.3 Å². The molecule has 0 spiro atoms. The molecule has 1 aliphatic rings. The van der Waals surface area contributed by atoms with Gasteiger partial charge in [-0.1, -0.05) is 0 Å². The molecule has 0 saturated carbocycles. The van der Waals surface area contributed by atoms with Crippen LogP contribution in [0.25, 0.3) is 0 Å². The van der Waals surface area contributed by atoms with Gasteiger partial charge in [0.25, 0.3) is 0 Å². The van der Waals surface area contributed by atoms with Crippen molar-refractivity contribution in [3.05, 3.63) is 18.3 Å². The Hall–Kier alpha value is -1.29. The minimum Gasteiger partial charge on any atom is -0.370 e. The molecule has 0 bridgehead atoms. The second-order valence-corrected chi connectivity index (χ2v) is 5.05. The van der Waals surface area contributed by atoms with E-state index in [2.05, 4.69) is 53.0 Å². The summed E-state index contributed by atoms with van der Waals surface area (Å²) in [4.78, 5) is 9.30. The Morgan fingerprint density at radius 2 is 2.00 bits per heavy atom. The average molecular weight is 248 g/mol. The Bertz CT molecular complexity index is 370. The Kier molecular flexibility index (Phi) is 4.42. The quantitative estimate of drug-likeness (QED) is 0.883. The van der Waals surface area contributed by atoms with Crippen molar-refractivity contribution in [2.75, 3.05) is 42.9 Å². The van der Waals surface area contributed by atoms with Crippen LogP contribution in [0.2, 0.25) is 0 Å². The predicted molar refractivity (Wildman–Crippen MR) is 77.3 cm³/mol. The van der Waals surface area contributed by atoms with Crippen LogP contribution in [0.4, 0.5) is 11.5 Å². The van der Waals surface area contributed by atoms with E-state index in [1.54, 1.807) is 0 Å². The molecule has 1 aliphatic heterocycles. The number of nitrogens with one attached hydrogen (secondary N) is 1. The maximum Gasteiger partial charge on any atom is 0.127 e. The molecular weight excluding hydrogens is 224 g/mol. The van der Waals surface area contributed by atoms with Gasteiger partial charge in [0.1, 0.15) is 5.82 Å². The highest BCUT2D eigenvalue weighted by atomic mass is 15.3. The van der Waals surface area contributed by atoms with Crippen LogP contribution in [0, 0.1) is 0 Å². The van der Waals surface area contributed by atoms with Gasteiger partial charge in [-0.15, -0.1) is 0 Å². The smallest absolute Gasteiger partial charge is 0.127 e. The highest BCUT2D eigenvalue weighted by molar-refractivity contribution is 5.54. The highest BCUT2D eigenvalue weighted by Gasteiger charge is 2.19. The molecule has 1 aromatic rings. The molecule has 18 heavy (non-hydrogen) atoms. The number of hydrogen-bond donors (Lipinski definition) is 1. The van der Waals surface area contributed by atoms with Crippen LogP contribution in [0.1, 0.15) is 20.8 Å². The van der Waals surface area contributed by atoms with Crippen molar-refractivity contribution >= 4 is 11.5 Å². The fourth-order valence-electron chi connectivity index (χ4n) is 2.39. The van der Waals surface area contributed by atoms with Gasteiger partial charge in [-0.25, -0.2) is 4.98 Å². The molecular formula is C14H24N4. The largest absolute Gasteiger partial charge is 0.370 e. The van der Waals surface area contributed by atoms with Gasteiger partial charge >= 0.3 is 0 Å². The summed E-state index contributed by atoms with van der Waals surface area (Å²) in [5, 5.41) is 3.27. The lowest BCUT2D eigenvalue weighted by atomic mass is 10.2. The van der Waals surface area contributed by atoms with Crippen LogP contribution in [-0.4, -0.2) is 48.6 Å². The van der Waals surface area contributed by atoms with Crippen LogP contribution >= 0.6 is 0 Å². The number of rotatable bonds is 4. The van der Waals surface area contributed by atoms with Gasteiger partial charge in [-0.3, -0.25) is 4.90 Å². The molecule has 1 aromatic heterocycles. The normalized spacial score (nSPS) is 17.2. The SMILES string of the molecule is CCNc1cc(N2CCN(C(C)C)CC2)ccn1. The molecule has 1 saturated heterocycles. The Morgan fingerprint density at radius 3 is 2.61 bits per heavy atom. The van der Waals surface area contributed by atoms with Gasteiger partial charge in [0.15, 0.2) is 0 Å². The summed E-state index contributed by atoms with van der Waals surface area (Å²) in [7, 11) is 0. The van der Waals surface area contributed by atoms with E-state index in [0.717, 1.165) is 38.5 Å². The summed E-state index contributed by atoms with van der Waals surface area (Å²) in [5.74, 6) is 0.973. The van der Waals surface area contributed by atoms with E-state index in [1.165, 1.54) is 5.69 Å². The number of nitrogens with zero attached hydrogens (tertiary/aromatic N) is 3. The summed E-state index contributed by atoms with van der Waals surface area (Å²) >= 11 is 0. The van der Waals surface area contributed by atoms with E-state index in [9.17, 15) is 0 Å². The Labute approximate surface area is 110 Å². The van der Waals surface area contributed by atoms with Crippen molar-refractivity contribution in [2.24, 2.45) is 0 Å². The van der Waals surface area contributed by atoms with Crippen molar-refractivity contribution in [1.29, 1.82) is 0 Å². The first-order valence-electron chi connectivity index (χ1n) is 6.89. The molecule has 4 heteroatoms. The van der Waals surface area contributed by atoms with E-state index in [-0.39, 0.29) is 0 Å². The van der Waals surface area contributed by atoms with E-state index in [0.29, 0.717) is 6.04 Å². The van der Waals surface area contributed by atoms with Gasteiger partial charge in [-0.2, -0.15) is 0 Å². The van der Waals surface area contributed by atoms with Crippen LogP contribution < -0.4 is 10.2 Å². The molecule has 0 aromatic carbocycles. The van der Waals surface area contributed by atoms with Gasteiger partial charge < -0.3 is 10.2 Å². The minimum atomic E-state index is 0.655. The summed E-state index contributed by atoms with van der Waals surface area (Å²) in [6.07, 6.45) is 1.89. The molecule has 2 rings (SSSR count). The Morgan fingerprint density at radius 1 is 1.28 bits per heavy atom. The van der Waals surface area contributed by atoms with E-state index in [1.807, 2.05) is 6.20 Å². The third-order valence-corrected chi connectivity index (χ3v) is 3.51. The summed E-state index contributed by atoms with van der Waals surface area (Å²) in [6.45, 7) is 12.1. The van der Waals surface area contributed by atoms with Crippen molar-refractivity contribution < 1.29 is 0 Å². The van der Waals surface area contributed by atoms with Crippen LogP contribution in [-0.2, 0) is 0 Å². The summed E-state index contributed by atoms with van der Waals surface area (Å²) in [5.41, 5.74) is 1.28. The predicted octanol–water partition coefficient (Wildman–Crippen LogP) is 2.04. The molecule has 0 radical (unpaired) electrons. The number of aromatic nitrogens is 1. The van der Waals surface area contributed by atoms with Crippen molar-refractivity contribution in [3.8, 4) is 0 Å². The van der Waals surface area contributed by atoms with Crippen LogP contribution in [0.3, 0.4) is 0 Å². The van der Waals surface area contributed by atoms with E-state index in [4.69, 9.17) is 0 Å². The average Bonchev–Trinajstić information content (AvgIpc) is 2.39. The molecule has 100 valence electrons. The van der Waals surface area contributed by atoms with Gasteiger partial charge in [-0.05, 0) is 26.8 Å². The lowest BCUT2D eigenvalue weighted by Gasteiger charge is -2.38. The lowest BCUT2D eigenvalue weighted by molar-refractivity contribution is 0.209. The second kappa shape index (κ2) is 6.05. The monoisotopic (exact) mass is 248 g/mol. The lowest BCUT2D eigenvalue weighted by Crippen LogP contribution is -2.48. The third-order valence-electron chi connectivity index (χ3n) is 3.51. The zero-order valence-electron chi connectivity index (χ0n) is 11.7. The molecule has 1 fully saturated rings. The molecule has 1 N–H and O–H groups in total. The second-order valence-electron chi connectivity index (χ2n) is 5.05. The fourth-order valence-corrected chi connectivity index (χ4v) is 2.39.